The van der Waals surface area contributed by atoms with Crippen molar-refractivity contribution < 1.29 is 19.0 Å². The van der Waals surface area contributed by atoms with Gasteiger partial charge in [-0.15, -0.1) is 0 Å². The van der Waals surface area contributed by atoms with E-state index in [2.05, 4.69) is 4.98 Å². The summed E-state index contributed by atoms with van der Waals surface area (Å²) in [5.41, 5.74) is 1.52. The molecule has 1 aromatic heterocycles. The number of carbonyl (C=O) groups is 1. The zero-order valence-electron chi connectivity index (χ0n) is 16.2. The molecule has 0 saturated carbocycles. The van der Waals surface area contributed by atoms with Gasteiger partial charge < -0.3 is 19.1 Å². The molecular weight excluding hydrogens is 344 g/mol. The SMILES string of the molecule is Cc1cncc(C(=O)N2CC3(C2)OCCC3CCOCC2CCOCC2)c1. The number of rotatable bonds is 6. The average molecular weight is 374 g/mol. The van der Waals surface area contributed by atoms with Crippen LogP contribution in [-0.4, -0.2) is 67.5 Å². The Labute approximate surface area is 161 Å². The summed E-state index contributed by atoms with van der Waals surface area (Å²) in [5, 5.41) is 0. The van der Waals surface area contributed by atoms with Gasteiger partial charge in [-0.3, -0.25) is 9.78 Å². The maximum atomic E-state index is 12.7. The van der Waals surface area contributed by atoms with E-state index >= 15 is 0 Å². The number of hydrogen-bond donors (Lipinski definition) is 0. The minimum absolute atomic E-state index is 0.0573. The molecule has 1 amide bonds. The molecule has 3 aliphatic rings. The first kappa shape index (κ1) is 18.8. The standard InChI is InChI=1S/C21H30N2O4/c1-16-10-18(12-22-11-16)20(24)23-14-21(15-23)19(5-9-27-21)4-8-26-13-17-2-6-25-7-3-17/h10-12,17,19H,2-9,13-15H2,1H3. The van der Waals surface area contributed by atoms with Gasteiger partial charge in [0.25, 0.3) is 5.91 Å². The third kappa shape index (κ3) is 4.18. The minimum atomic E-state index is -0.158. The van der Waals surface area contributed by atoms with Crippen LogP contribution in [0.15, 0.2) is 18.5 Å². The molecule has 27 heavy (non-hydrogen) atoms. The molecule has 1 aromatic rings. The molecule has 1 unspecified atom stereocenters. The summed E-state index contributed by atoms with van der Waals surface area (Å²) >= 11 is 0. The van der Waals surface area contributed by atoms with Gasteiger partial charge in [0.1, 0.15) is 5.60 Å². The number of aromatic nitrogens is 1. The molecule has 0 N–H and O–H groups in total. The Bertz CT molecular complexity index is 653. The van der Waals surface area contributed by atoms with Crippen molar-refractivity contribution in [2.45, 2.75) is 38.2 Å². The lowest BCUT2D eigenvalue weighted by Gasteiger charge is -2.50. The highest BCUT2D eigenvalue weighted by Crippen LogP contribution is 2.42. The first-order chi connectivity index (χ1) is 13.2. The van der Waals surface area contributed by atoms with Gasteiger partial charge in [0.2, 0.25) is 0 Å². The maximum absolute atomic E-state index is 12.7. The van der Waals surface area contributed by atoms with E-state index in [1.54, 1.807) is 12.4 Å². The van der Waals surface area contributed by atoms with Gasteiger partial charge >= 0.3 is 0 Å². The summed E-state index contributed by atoms with van der Waals surface area (Å²) in [7, 11) is 0. The van der Waals surface area contributed by atoms with Crippen LogP contribution in [0.4, 0.5) is 0 Å². The molecule has 3 fully saturated rings. The number of ether oxygens (including phenoxy) is 3. The Kier molecular flexibility index (Phi) is 5.76. The van der Waals surface area contributed by atoms with Gasteiger partial charge in [-0.25, -0.2) is 0 Å². The molecule has 6 heteroatoms. The van der Waals surface area contributed by atoms with Gasteiger partial charge in [-0.1, -0.05) is 0 Å². The van der Waals surface area contributed by atoms with Gasteiger partial charge in [0.05, 0.1) is 18.7 Å². The number of aryl methyl sites for hydroxylation is 1. The van der Waals surface area contributed by atoms with Crippen molar-refractivity contribution in [1.82, 2.24) is 9.88 Å². The van der Waals surface area contributed by atoms with Crippen molar-refractivity contribution >= 4 is 5.91 Å². The van der Waals surface area contributed by atoms with E-state index in [1.807, 2.05) is 17.9 Å². The number of pyridine rings is 1. The molecule has 1 atom stereocenters. The van der Waals surface area contributed by atoms with Crippen LogP contribution in [0.1, 0.15) is 41.6 Å². The highest BCUT2D eigenvalue weighted by atomic mass is 16.5. The van der Waals surface area contributed by atoms with Crippen LogP contribution < -0.4 is 0 Å². The number of nitrogens with zero attached hydrogens (tertiary/aromatic N) is 2. The normalized spacial score (nSPS) is 24.9. The molecule has 3 aliphatic heterocycles. The van der Waals surface area contributed by atoms with E-state index in [0.29, 0.717) is 30.5 Å². The Balaban J connectivity index is 1.23. The second-order valence-electron chi connectivity index (χ2n) is 8.23. The highest BCUT2D eigenvalue weighted by molar-refractivity contribution is 5.94. The predicted molar refractivity (Wildman–Crippen MR) is 101 cm³/mol. The first-order valence-electron chi connectivity index (χ1n) is 10.2. The predicted octanol–water partition coefficient (Wildman–Crippen LogP) is 2.45. The Morgan fingerprint density at radius 2 is 2.07 bits per heavy atom. The van der Waals surface area contributed by atoms with E-state index in [9.17, 15) is 4.79 Å². The maximum Gasteiger partial charge on any atom is 0.255 e. The lowest BCUT2D eigenvalue weighted by Crippen LogP contribution is -2.66. The number of likely N-dealkylation sites (tertiary alicyclic amines) is 1. The summed E-state index contributed by atoms with van der Waals surface area (Å²) in [6.45, 7) is 7.48. The van der Waals surface area contributed by atoms with Crippen molar-refractivity contribution in [1.29, 1.82) is 0 Å². The van der Waals surface area contributed by atoms with Crippen LogP contribution in [0.2, 0.25) is 0 Å². The lowest BCUT2D eigenvalue weighted by atomic mass is 9.79. The minimum Gasteiger partial charge on any atom is -0.381 e. The average Bonchev–Trinajstić information content (AvgIpc) is 3.08. The Hall–Kier alpha value is -1.50. The highest BCUT2D eigenvalue weighted by Gasteiger charge is 2.54. The van der Waals surface area contributed by atoms with Crippen LogP contribution in [0.5, 0.6) is 0 Å². The topological polar surface area (TPSA) is 60.9 Å². The van der Waals surface area contributed by atoms with Crippen molar-refractivity contribution in [2.24, 2.45) is 11.8 Å². The van der Waals surface area contributed by atoms with Crippen molar-refractivity contribution in [3.63, 3.8) is 0 Å². The van der Waals surface area contributed by atoms with Crippen molar-refractivity contribution in [3.05, 3.63) is 29.6 Å². The van der Waals surface area contributed by atoms with Crippen LogP contribution >= 0.6 is 0 Å². The monoisotopic (exact) mass is 374 g/mol. The number of amides is 1. The molecule has 0 bridgehead atoms. The fourth-order valence-electron chi connectivity index (χ4n) is 4.53. The Morgan fingerprint density at radius 3 is 2.85 bits per heavy atom. The largest absolute Gasteiger partial charge is 0.381 e. The first-order valence-corrected chi connectivity index (χ1v) is 10.2. The molecular formula is C21H30N2O4. The number of hydrogen-bond acceptors (Lipinski definition) is 5. The third-order valence-corrected chi connectivity index (χ3v) is 6.23. The third-order valence-electron chi connectivity index (χ3n) is 6.23. The zero-order chi connectivity index (χ0) is 18.7. The molecule has 0 aliphatic carbocycles. The summed E-state index contributed by atoms with van der Waals surface area (Å²) < 4.78 is 17.4. The fourth-order valence-corrected chi connectivity index (χ4v) is 4.53. The molecule has 0 aromatic carbocycles. The second kappa shape index (κ2) is 8.25. The molecule has 4 rings (SSSR count). The smallest absolute Gasteiger partial charge is 0.255 e. The Morgan fingerprint density at radius 1 is 1.26 bits per heavy atom. The van der Waals surface area contributed by atoms with E-state index in [-0.39, 0.29) is 11.5 Å². The quantitative estimate of drug-likeness (QED) is 0.716. The van der Waals surface area contributed by atoms with Crippen molar-refractivity contribution in [2.75, 3.05) is 46.1 Å². The molecule has 3 saturated heterocycles. The number of carbonyl (C=O) groups excluding carboxylic acids is 1. The van der Waals surface area contributed by atoms with Gasteiger partial charge in [-0.2, -0.15) is 0 Å². The van der Waals surface area contributed by atoms with E-state index in [1.165, 1.54) is 0 Å². The second-order valence-corrected chi connectivity index (χ2v) is 8.23. The lowest BCUT2D eigenvalue weighted by molar-refractivity contribution is -0.121. The van der Waals surface area contributed by atoms with Gasteiger partial charge in [-0.05, 0) is 56.1 Å². The van der Waals surface area contributed by atoms with Crippen LogP contribution in [-0.2, 0) is 14.2 Å². The molecule has 4 heterocycles. The van der Waals surface area contributed by atoms with Crippen LogP contribution in [0, 0.1) is 18.8 Å². The molecule has 0 radical (unpaired) electrons. The summed E-state index contributed by atoms with van der Waals surface area (Å²) in [6, 6.07) is 1.90. The zero-order valence-corrected chi connectivity index (χ0v) is 16.2. The van der Waals surface area contributed by atoms with E-state index < -0.39 is 0 Å². The van der Waals surface area contributed by atoms with Gasteiger partial charge in [0.15, 0.2) is 0 Å². The van der Waals surface area contributed by atoms with Crippen LogP contribution in [0.3, 0.4) is 0 Å². The summed E-state index contributed by atoms with van der Waals surface area (Å²) in [5.74, 6) is 1.18. The molecule has 1 spiro atoms. The van der Waals surface area contributed by atoms with E-state index in [4.69, 9.17) is 14.2 Å². The summed E-state index contributed by atoms with van der Waals surface area (Å²) in [6.07, 6.45) is 7.72. The molecule has 6 nitrogen and oxygen atoms in total. The molecule has 148 valence electrons. The van der Waals surface area contributed by atoms with Gasteiger partial charge in [0, 0.05) is 45.4 Å². The fraction of sp³-hybridized carbons (Fsp3) is 0.714. The van der Waals surface area contributed by atoms with E-state index in [0.717, 1.165) is 64.3 Å². The van der Waals surface area contributed by atoms with Crippen molar-refractivity contribution in [3.8, 4) is 0 Å². The summed E-state index contributed by atoms with van der Waals surface area (Å²) in [4.78, 5) is 18.7. The van der Waals surface area contributed by atoms with Crippen LogP contribution in [0.25, 0.3) is 0 Å².